The molecule has 2 rings (SSSR count). The highest BCUT2D eigenvalue weighted by molar-refractivity contribution is 7.81. The Labute approximate surface area is 148 Å². The van der Waals surface area contributed by atoms with Gasteiger partial charge in [0.15, 0.2) is 0 Å². The van der Waals surface area contributed by atoms with Gasteiger partial charge >= 0.3 is 10.4 Å². The van der Waals surface area contributed by atoms with Gasteiger partial charge in [-0.3, -0.25) is 0 Å². The Morgan fingerprint density at radius 3 is 1.40 bits per heavy atom. The van der Waals surface area contributed by atoms with Crippen molar-refractivity contribution in [3.8, 4) is 0 Å². The fraction of sp³-hybridized carbons (Fsp3) is 0.333. The van der Waals surface area contributed by atoms with Gasteiger partial charge in [-0.15, -0.1) is 0 Å². The van der Waals surface area contributed by atoms with E-state index in [4.69, 9.17) is 17.8 Å². The van der Waals surface area contributed by atoms with Crippen molar-refractivity contribution in [2.45, 2.75) is 13.2 Å². The van der Waals surface area contributed by atoms with Crippen molar-refractivity contribution in [3.63, 3.8) is 0 Å². The Morgan fingerprint density at radius 2 is 1.00 bits per heavy atom. The van der Waals surface area contributed by atoms with Gasteiger partial charge in [0.1, 0.15) is 0 Å². The zero-order valence-electron chi connectivity index (χ0n) is 13.9. The SMILES string of the molecule is O=S(=O)(OCCOCc1ccccc1)OCCOCc1ccccc1. The van der Waals surface area contributed by atoms with Crippen molar-refractivity contribution in [3.05, 3.63) is 71.8 Å². The lowest BCUT2D eigenvalue weighted by Crippen LogP contribution is -2.16. The van der Waals surface area contributed by atoms with Crippen molar-refractivity contribution >= 4 is 10.4 Å². The summed E-state index contributed by atoms with van der Waals surface area (Å²) < 4.78 is 43.2. The second-order valence-corrected chi connectivity index (χ2v) is 6.42. The van der Waals surface area contributed by atoms with Crippen LogP contribution < -0.4 is 0 Å². The molecule has 2 aromatic carbocycles. The minimum atomic E-state index is -4.03. The predicted molar refractivity (Wildman–Crippen MR) is 93.0 cm³/mol. The van der Waals surface area contributed by atoms with Crippen LogP contribution in [0.3, 0.4) is 0 Å². The molecule has 2 aromatic rings. The normalized spacial score (nSPS) is 11.5. The lowest BCUT2D eigenvalue weighted by molar-refractivity contribution is 0.0685. The molecular formula is C18H22O6S. The molecule has 0 atom stereocenters. The van der Waals surface area contributed by atoms with Gasteiger partial charge < -0.3 is 9.47 Å². The first-order valence-corrected chi connectivity index (χ1v) is 9.26. The average Bonchev–Trinajstić information content (AvgIpc) is 2.63. The van der Waals surface area contributed by atoms with E-state index in [1.165, 1.54) is 0 Å². The summed E-state index contributed by atoms with van der Waals surface area (Å²) in [6, 6.07) is 19.2. The first-order chi connectivity index (χ1) is 12.2. The number of benzene rings is 2. The Bertz CT molecular complexity index is 633. The number of hydrogen-bond acceptors (Lipinski definition) is 6. The van der Waals surface area contributed by atoms with Crippen LogP contribution in [0, 0.1) is 0 Å². The quantitative estimate of drug-likeness (QED) is 0.538. The van der Waals surface area contributed by atoms with E-state index in [2.05, 4.69) is 0 Å². The summed E-state index contributed by atoms with van der Waals surface area (Å²) in [5.41, 5.74) is 2.02. The summed E-state index contributed by atoms with van der Waals surface area (Å²) in [5.74, 6) is 0. The second-order valence-electron chi connectivity index (χ2n) is 5.13. The van der Waals surface area contributed by atoms with Crippen LogP contribution in [-0.4, -0.2) is 34.8 Å². The number of ether oxygens (including phenoxy) is 2. The lowest BCUT2D eigenvalue weighted by atomic mass is 10.2. The molecule has 0 bridgehead atoms. The highest BCUT2D eigenvalue weighted by Crippen LogP contribution is 2.02. The smallest absolute Gasteiger partial charge is 0.374 e. The van der Waals surface area contributed by atoms with E-state index in [0.29, 0.717) is 13.2 Å². The van der Waals surface area contributed by atoms with Crippen LogP contribution in [-0.2, 0) is 41.5 Å². The van der Waals surface area contributed by atoms with Gasteiger partial charge in [0.05, 0.1) is 39.6 Å². The third-order valence-corrected chi connectivity index (χ3v) is 4.04. The van der Waals surface area contributed by atoms with Crippen LogP contribution in [0.25, 0.3) is 0 Å². The molecule has 0 heterocycles. The fourth-order valence-electron chi connectivity index (χ4n) is 1.95. The van der Waals surface area contributed by atoms with E-state index >= 15 is 0 Å². The van der Waals surface area contributed by atoms with Crippen molar-refractivity contribution in [2.75, 3.05) is 26.4 Å². The first kappa shape index (κ1) is 19.6. The zero-order valence-corrected chi connectivity index (χ0v) is 14.7. The summed E-state index contributed by atoms with van der Waals surface area (Å²) >= 11 is 0. The molecule has 0 amide bonds. The first-order valence-electron chi connectivity index (χ1n) is 7.93. The molecule has 0 aliphatic heterocycles. The molecule has 0 radical (unpaired) electrons. The number of hydrogen-bond donors (Lipinski definition) is 0. The highest BCUT2D eigenvalue weighted by atomic mass is 32.3. The van der Waals surface area contributed by atoms with E-state index in [0.717, 1.165) is 11.1 Å². The van der Waals surface area contributed by atoms with Crippen molar-refractivity contribution < 1.29 is 26.3 Å². The standard InChI is InChI=1S/C18H22O6S/c19-25(20,23-13-11-21-15-17-7-3-1-4-8-17)24-14-12-22-16-18-9-5-2-6-10-18/h1-10H,11-16H2. The van der Waals surface area contributed by atoms with Gasteiger partial charge in [-0.25, -0.2) is 8.37 Å². The maximum Gasteiger partial charge on any atom is 0.400 e. The van der Waals surface area contributed by atoms with E-state index in [1.54, 1.807) is 0 Å². The molecule has 6 nitrogen and oxygen atoms in total. The van der Waals surface area contributed by atoms with Gasteiger partial charge in [-0.05, 0) is 11.1 Å². The van der Waals surface area contributed by atoms with Crippen LogP contribution in [0.4, 0.5) is 0 Å². The molecule has 0 aliphatic rings. The topological polar surface area (TPSA) is 71.1 Å². The predicted octanol–water partition coefficient (Wildman–Crippen LogP) is 2.70. The number of rotatable bonds is 12. The van der Waals surface area contributed by atoms with Crippen LogP contribution in [0.5, 0.6) is 0 Å². The van der Waals surface area contributed by atoms with Gasteiger partial charge in [0.2, 0.25) is 0 Å². The van der Waals surface area contributed by atoms with Crippen LogP contribution in [0.2, 0.25) is 0 Å². The van der Waals surface area contributed by atoms with Crippen LogP contribution in [0.15, 0.2) is 60.7 Å². The Balaban J connectivity index is 1.51. The van der Waals surface area contributed by atoms with Gasteiger partial charge in [-0.2, -0.15) is 8.42 Å². The van der Waals surface area contributed by atoms with Crippen molar-refractivity contribution in [1.82, 2.24) is 0 Å². The fourth-order valence-corrected chi connectivity index (χ4v) is 2.56. The van der Waals surface area contributed by atoms with E-state index in [9.17, 15) is 8.42 Å². The summed E-state index contributed by atoms with van der Waals surface area (Å²) in [7, 11) is -4.03. The molecule has 25 heavy (non-hydrogen) atoms. The molecule has 0 fully saturated rings. The maximum atomic E-state index is 11.5. The van der Waals surface area contributed by atoms with Crippen molar-refractivity contribution in [1.29, 1.82) is 0 Å². The van der Waals surface area contributed by atoms with E-state index in [1.807, 2.05) is 60.7 Å². The van der Waals surface area contributed by atoms with E-state index < -0.39 is 10.4 Å². The van der Waals surface area contributed by atoms with Crippen LogP contribution >= 0.6 is 0 Å². The molecule has 0 aromatic heterocycles. The Kier molecular flexibility index (Phi) is 8.58. The van der Waals surface area contributed by atoms with Gasteiger partial charge in [0.25, 0.3) is 0 Å². The third-order valence-electron chi connectivity index (χ3n) is 3.13. The highest BCUT2D eigenvalue weighted by Gasteiger charge is 2.11. The van der Waals surface area contributed by atoms with Gasteiger partial charge in [0, 0.05) is 0 Å². The molecule has 0 aliphatic carbocycles. The summed E-state index contributed by atoms with van der Waals surface area (Å²) in [6.45, 7) is 0.918. The molecule has 7 heteroatoms. The second kappa shape index (κ2) is 11.0. The van der Waals surface area contributed by atoms with Crippen LogP contribution in [0.1, 0.15) is 11.1 Å². The summed E-state index contributed by atoms with van der Waals surface area (Å²) in [4.78, 5) is 0. The largest absolute Gasteiger partial charge is 0.400 e. The van der Waals surface area contributed by atoms with Gasteiger partial charge in [-0.1, -0.05) is 60.7 Å². The molecular weight excluding hydrogens is 344 g/mol. The molecule has 0 N–H and O–H groups in total. The zero-order chi connectivity index (χ0) is 17.8. The molecule has 0 saturated heterocycles. The van der Waals surface area contributed by atoms with Crippen molar-refractivity contribution in [2.24, 2.45) is 0 Å². The molecule has 0 unspecified atom stereocenters. The minimum Gasteiger partial charge on any atom is -0.374 e. The third kappa shape index (κ3) is 8.76. The maximum absolute atomic E-state index is 11.5. The summed E-state index contributed by atoms with van der Waals surface area (Å²) in [5, 5.41) is 0. The lowest BCUT2D eigenvalue weighted by Gasteiger charge is -2.08. The molecule has 0 spiro atoms. The monoisotopic (exact) mass is 366 g/mol. The van der Waals surface area contributed by atoms with E-state index in [-0.39, 0.29) is 26.4 Å². The Hall–Kier alpha value is -1.77. The Morgan fingerprint density at radius 1 is 0.600 bits per heavy atom. The molecule has 136 valence electrons. The summed E-state index contributed by atoms with van der Waals surface area (Å²) in [6.07, 6.45) is 0. The average molecular weight is 366 g/mol. The minimum absolute atomic E-state index is 0.0972. The molecule has 0 saturated carbocycles.